The molecule has 1 heterocycles. The molecule has 6 nitrogen and oxygen atoms in total. The summed E-state index contributed by atoms with van der Waals surface area (Å²) in [6.45, 7) is 3.09. The predicted octanol–water partition coefficient (Wildman–Crippen LogP) is 3.30. The summed E-state index contributed by atoms with van der Waals surface area (Å²) in [5.74, 6) is 0.994. The number of esters is 1. The van der Waals surface area contributed by atoms with Crippen LogP contribution in [0.1, 0.15) is 22.8 Å². The largest absolute Gasteiger partial charge is 0.494 e. The predicted molar refractivity (Wildman–Crippen MR) is 99.4 cm³/mol. The van der Waals surface area contributed by atoms with Crippen LogP contribution in [0.4, 0.5) is 0 Å². The first kappa shape index (κ1) is 18.5. The molecule has 3 rings (SSSR count). The van der Waals surface area contributed by atoms with Gasteiger partial charge in [-0.3, -0.25) is 4.79 Å². The van der Waals surface area contributed by atoms with Crippen LogP contribution < -0.4 is 14.2 Å². The highest BCUT2D eigenvalue weighted by Crippen LogP contribution is 2.30. The van der Waals surface area contributed by atoms with Gasteiger partial charge in [0.25, 0.3) is 0 Å². The summed E-state index contributed by atoms with van der Waals surface area (Å²) in [6, 6.07) is 12.2. The molecular weight excluding hydrogens is 348 g/mol. The van der Waals surface area contributed by atoms with Gasteiger partial charge in [-0.05, 0) is 48.9 Å². The van der Waals surface area contributed by atoms with E-state index in [2.05, 4.69) is 0 Å². The number of hydrogen-bond donors (Lipinski definition) is 0. The molecule has 1 aliphatic rings. The molecule has 0 radical (unpaired) electrons. The molecule has 0 saturated heterocycles. The second kappa shape index (κ2) is 8.89. The minimum atomic E-state index is -0.588. The first-order valence-corrected chi connectivity index (χ1v) is 8.66. The Kier molecular flexibility index (Phi) is 6.10. The van der Waals surface area contributed by atoms with Crippen LogP contribution in [0.5, 0.6) is 17.2 Å². The summed E-state index contributed by atoms with van der Waals surface area (Å²) in [6.07, 6.45) is 2.90. The number of carbonyl (C=O) groups excluding carboxylic acids is 2. The Morgan fingerprint density at radius 1 is 1.04 bits per heavy atom. The van der Waals surface area contributed by atoms with Crippen molar-refractivity contribution in [2.45, 2.75) is 6.92 Å². The zero-order valence-corrected chi connectivity index (χ0v) is 15.0. The van der Waals surface area contributed by atoms with Gasteiger partial charge in [0.1, 0.15) is 19.0 Å². The molecule has 2 aromatic carbocycles. The number of ketones is 1. The number of hydrogen-bond acceptors (Lipinski definition) is 6. The minimum absolute atomic E-state index is 0.310. The van der Waals surface area contributed by atoms with Crippen LogP contribution in [-0.2, 0) is 9.53 Å². The second-order valence-electron chi connectivity index (χ2n) is 5.72. The summed E-state index contributed by atoms with van der Waals surface area (Å²) in [7, 11) is 0. The topological polar surface area (TPSA) is 71.1 Å². The SMILES string of the molecule is CCOc1ccc(/C=C/C(=O)OCC(=O)c2ccc3c(c2)OCCO3)cc1. The van der Waals surface area contributed by atoms with Crippen LogP contribution in [0.15, 0.2) is 48.5 Å². The third-order valence-corrected chi connectivity index (χ3v) is 3.81. The van der Waals surface area contributed by atoms with Crippen LogP contribution in [0.25, 0.3) is 6.08 Å². The molecule has 0 unspecified atom stereocenters. The third kappa shape index (κ3) is 5.10. The Morgan fingerprint density at radius 2 is 1.78 bits per heavy atom. The van der Waals surface area contributed by atoms with Crippen molar-refractivity contribution in [2.24, 2.45) is 0 Å². The van der Waals surface area contributed by atoms with E-state index < -0.39 is 5.97 Å². The monoisotopic (exact) mass is 368 g/mol. The lowest BCUT2D eigenvalue weighted by molar-refractivity contribution is -0.136. The number of benzene rings is 2. The molecule has 6 heteroatoms. The van der Waals surface area contributed by atoms with Gasteiger partial charge >= 0.3 is 5.97 Å². The first-order valence-electron chi connectivity index (χ1n) is 8.66. The lowest BCUT2D eigenvalue weighted by Crippen LogP contribution is -2.17. The van der Waals surface area contributed by atoms with Crippen molar-refractivity contribution in [1.29, 1.82) is 0 Å². The van der Waals surface area contributed by atoms with E-state index in [1.165, 1.54) is 6.08 Å². The Morgan fingerprint density at radius 3 is 2.52 bits per heavy atom. The van der Waals surface area contributed by atoms with Crippen LogP contribution in [-0.4, -0.2) is 38.2 Å². The summed E-state index contributed by atoms with van der Waals surface area (Å²) in [5, 5.41) is 0. The fourth-order valence-corrected chi connectivity index (χ4v) is 2.49. The molecule has 0 saturated carbocycles. The number of carbonyl (C=O) groups is 2. The molecule has 140 valence electrons. The summed E-state index contributed by atoms with van der Waals surface area (Å²) >= 11 is 0. The molecule has 0 fully saturated rings. The smallest absolute Gasteiger partial charge is 0.331 e. The Hall–Kier alpha value is -3.28. The van der Waals surface area contributed by atoms with E-state index in [-0.39, 0.29) is 12.4 Å². The van der Waals surface area contributed by atoms with Crippen molar-refractivity contribution in [3.05, 3.63) is 59.7 Å². The average Bonchev–Trinajstić information content (AvgIpc) is 2.71. The van der Waals surface area contributed by atoms with E-state index in [4.69, 9.17) is 18.9 Å². The van der Waals surface area contributed by atoms with E-state index in [0.717, 1.165) is 11.3 Å². The number of fused-ring (bicyclic) bond motifs is 1. The molecule has 1 aliphatic heterocycles. The zero-order valence-electron chi connectivity index (χ0n) is 15.0. The maximum absolute atomic E-state index is 12.2. The Balaban J connectivity index is 1.51. The van der Waals surface area contributed by atoms with E-state index in [9.17, 15) is 9.59 Å². The highest BCUT2D eigenvalue weighted by molar-refractivity contribution is 5.99. The lowest BCUT2D eigenvalue weighted by Gasteiger charge is -2.18. The van der Waals surface area contributed by atoms with Crippen LogP contribution in [0.2, 0.25) is 0 Å². The quantitative estimate of drug-likeness (QED) is 0.424. The van der Waals surface area contributed by atoms with Crippen molar-refractivity contribution >= 4 is 17.8 Å². The Labute approximate surface area is 157 Å². The van der Waals surface area contributed by atoms with Crippen molar-refractivity contribution in [2.75, 3.05) is 26.4 Å². The van der Waals surface area contributed by atoms with Crippen molar-refractivity contribution in [1.82, 2.24) is 0 Å². The summed E-state index contributed by atoms with van der Waals surface area (Å²) in [4.78, 5) is 24.0. The molecular formula is C21H20O6. The van der Waals surface area contributed by atoms with Crippen molar-refractivity contribution < 1.29 is 28.5 Å². The number of ether oxygens (including phenoxy) is 4. The van der Waals surface area contributed by atoms with Gasteiger partial charge in [-0.1, -0.05) is 12.1 Å². The van der Waals surface area contributed by atoms with Gasteiger partial charge in [-0.15, -0.1) is 0 Å². The number of Topliss-reactive ketones (excluding diaryl/α,β-unsaturated/α-hetero) is 1. The molecule has 0 spiro atoms. The standard InChI is InChI=1S/C21H20O6/c1-2-24-17-7-3-15(4-8-17)5-10-21(23)27-14-18(22)16-6-9-19-20(13-16)26-12-11-25-19/h3-10,13H,2,11-12,14H2,1H3/b10-5+. The zero-order chi connectivity index (χ0) is 19.1. The van der Waals surface area contributed by atoms with E-state index in [1.54, 1.807) is 24.3 Å². The van der Waals surface area contributed by atoms with Gasteiger partial charge in [0.2, 0.25) is 0 Å². The highest BCUT2D eigenvalue weighted by atomic mass is 16.6. The van der Waals surface area contributed by atoms with E-state index >= 15 is 0 Å². The van der Waals surface area contributed by atoms with E-state index in [1.807, 2.05) is 31.2 Å². The van der Waals surface area contributed by atoms with Gasteiger partial charge in [0, 0.05) is 11.6 Å². The molecule has 0 bridgehead atoms. The van der Waals surface area contributed by atoms with Gasteiger partial charge < -0.3 is 18.9 Å². The molecule has 0 atom stereocenters. The van der Waals surface area contributed by atoms with Crippen LogP contribution >= 0.6 is 0 Å². The maximum atomic E-state index is 12.2. The fourth-order valence-electron chi connectivity index (χ4n) is 2.49. The molecule has 0 aromatic heterocycles. The van der Waals surface area contributed by atoms with Gasteiger partial charge in [0.15, 0.2) is 23.9 Å². The molecule has 2 aromatic rings. The van der Waals surface area contributed by atoms with Gasteiger partial charge in [-0.25, -0.2) is 4.79 Å². The third-order valence-electron chi connectivity index (χ3n) is 3.81. The fraction of sp³-hybridized carbons (Fsp3) is 0.238. The maximum Gasteiger partial charge on any atom is 0.331 e. The first-order chi connectivity index (χ1) is 13.2. The second-order valence-corrected chi connectivity index (χ2v) is 5.72. The van der Waals surface area contributed by atoms with Gasteiger partial charge in [-0.2, -0.15) is 0 Å². The molecule has 0 amide bonds. The minimum Gasteiger partial charge on any atom is -0.494 e. The van der Waals surface area contributed by atoms with Crippen molar-refractivity contribution in [3.63, 3.8) is 0 Å². The van der Waals surface area contributed by atoms with Crippen LogP contribution in [0.3, 0.4) is 0 Å². The highest BCUT2D eigenvalue weighted by Gasteiger charge is 2.15. The summed E-state index contributed by atoms with van der Waals surface area (Å²) in [5.41, 5.74) is 1.23. The average molecular weight is 368 g/mol. The Bertz CT molecular complexity index is 838. The molecule has 0 N–H and O–H groups in total. The van der Waals surface area contributed by atoms with Gasteiger partial charge in [0.05, 0.1) is 6.61 Å². The molecule has 27 heavy (non-hydrogen) atoms. The van der Waals surface area contributed by atoms with Crippen molar-refractivity contribution in [3.8, 4) is 17.2 Å². The molecule has 0 aliphatic carbocycles. The normalized spacial score (nSPS) is 12.6. The van der Waals surface area contributed by atoms with Crippen LogP contribution in [0, 0.1) is 0 Å². The van der Waals surface area contributed by atoms with E-state index in [0.29, 0.717) is 36.9 Å². The summed E-state index contributed by atoms with van der Waals surface area (Å²) < 4.78 is 21.2. The lowest BCUT2D eigenvalue weighted by atomic mass is 10.1. The number of rotatable bonds is 7.